The van der Waals surface area contributed by atoms with E-state index in [9.17, 15) is 9.59 Å². The molecule has 2 amide bonds. The normalized spacial score (nSPS) is 10.1. The van der Waals surface area contributed by atoms with E-state index >= 15 is 0 Å². The Balaban J connectivity index is 1.78. The molecule has 0 aliphatic carbocycles. The summed E-state index contributed by atoms with van der Waals surface area (Å²) in [7, 11) is 3.15. The van der Waals surface area contributed by atoms with E-state index in [1.54, 1.807) is 14.2 Å². The predicted octanol–water partition coefficient (Wildman–Crippen LogP) is 2.70. The van der Waals surface area contributed by atoms with Crippen molar-refractivity contribution in [1.82, 2.24) is 5.32 Å². The fourth-order valence-corrected chi connectivity index (χ4v) is 2.47. The van der Waals surface area contributed by atoms with Crippen molar-refractivity contribution in [3.8, 4) is 11.5 Å². The minimum atomic E-state index is -0.251. The maximum absolute atomic E-state index is 12.0. The molecule has 6 heteroatoms. The highest BCUT2D eigenvalue weighted by molar-refractivity contribution is 5.95. The summed E-state index contributed by atoms with van der Waals surface area (Å²) in [5.74, 6) is 0.843. The van der Waals surface area contributed by atoms with Crippen molar-refractivity contribution in [3.05, 3.63) is 53.6 Å². The van der Waals surface area contributed by atoms with Crippen molar-refractivity contribution < 1.29 is 19.1 Å². The van der Waals surface area contributed by atoms with Crippen molar-refractivity contribution in [2.45, 2.75) is 19.8 Å². The molecule has 138 valence electrons. The number of hydrogen-bond donors (Lipinski definition) is 2. The van der Waals surface area contributed by atoms with Crippen LogP contribution in [0.2, 0.25) is 0 Å². The third-order valence-electron chi connectivity index (χ3n) is 3.95. The van der Waals surface area contributed by atoms with Crippen LogP contribution in [0.1, 0.15) is 17.5 Å². The zero-order valence-electron chi connectivity index (χ0n) is 15.3. The van der Waals surface area contributed by atoms with Gasteiger partial charge in [-0.2, -0.15) is 0 Å². The quantitative estimate of drug-likeness (QED) is 0.762. The molecule has 0 aliphatic rings. The van der Waals surface area contributed by atoms with Crippen LogP contribution in [0.15, 0.2) is 42.5 Å². The van der Waals surface area contributed by atoms with Gasteiger partial charge in [0.05, 0.1) is 20.8 Å². The molecule has 2 aromatic carbocycles. The summed E-state index contributed by atoms with van der Waals surface area (Å²) < 4.78 is 10.4. The van der Waals surface area contributed by atoms with E-state index in [4.69, 9.17) is 9.47 Å². The van der Waals surface area contributed by atoms with Crippen LogP contribution in [-0.2, 0) is 16.0 Å². The van der Waals surface area contributed by atoms with Gasteiger partial charge in [0.1, 0.15) is 0 Å². The Hall–Kier alpha value is -3.02. The lowest BCUT2D eigenvalue weighted by atomic mass is 10.1. The van der Waals surface area contributed by atoms with E-state index in [2.05, 4.69) is 10.6 Å². The van der Waals surface area contributed by atoms with Gasteiger partial charge in [-0.3, -0.25) is 9.59 Å². The molecule has 2 N–H and O–H groups in total. The number of carbonyl (C=O) groups is 2. The number of ether oxygens (including phenoxy) is 2. The standard InChI is InChI=1S/C20H24N2O4/c1-14-6-4-5-7-16(14)22-20(24)13-21-19(23)11-9-15-8-10-17(25-2)18(12-15)26-3/h4-8,10,12H,9,11,13H2,1-3H3,(H,21,23)(H,22,24). The second-order valence-electron chi connectivity index (χ2n) is 5.83. The largest absolute Gasteiger partial charge is 0.493 e. The molecule has 2 rings (SSSR count). The van der Waals surface area contributed by atoms with Crippen LogP contribution in [0.25, 0.3) is 0 Å². The van der Waals surface area contributed by atoms with Crippen molar-refractivity contribution in [2.75, 3.05) is 26.1 Å². The van der Waals surface area contributed by atoms with Crippen molar-refractivity contribution in [1.29, 1.82) is 0 Å². The third kappa shape index (κ3) is 5.51. The van der Waals surface area contributed by atoms with Crippen LogP contribution in [0.3, 0.4) is 0 Å². The number of para-hydroxylation sites is 1. The van der Waals surface area contributed by atoms with Gasteiger partial charge in [0.2, 0.25) is 11.8 Å². The first-order valence-electron chi connectivity index (χ1n) is 8.36. The molecule has 0 fully saturated rings. The summed E-state index contributed by atoms with van der Waals surface area (Å²) in [5, 5.41) is 5.42. The van der Waals surface area contributed by atoms with Gasteiger partial charge in [-0.15, -0.1) is 0 Å². The van der Waals surface area contributed by atoms with Crippen molar-refractivity contribution in [3.63, 3.8) is 0 Å². The SMILES string of the molecule is COc1ccc(CCC(=O)NCC(=O)Nc2ccccc2C)cc1OC. The summed E-state index contributed by atoms with van der Waals surface area (Å²) in [6.07, 6.45) is 0.832. The summed E-state index contributed by atoms with van der Waals surface area (Å²) in [6, 6.07) is 13.0. The Morgan fingerprint density at radius 2 is 1.69 bits per heavy atom. The van der Waals surface area contributed by atoms with Crippen LogP contribution in [0, 0.1) is 6.92 Å². The molecule has 26 heavy (non-hydrogen) atoms. The van der Waals surface area contributed by atoms with E-state index in [0.29, 0.717) is 17.9 Å². The van der Waals surface area contributed by atoms with E-state index in [0.717, 1.165) is 16.8 Å². The first-order valence-corrected chi connectivity index (χ1v) is 8.36. The number of nitrogens with one attached hydrogen (secondary N) is 2. The summed E-state index contributed by atoms with van der Waals surface area (Å²) in [6.45, 7) is 1.86. The van der Waals surface area contributed by atoms with Crippen LogP contribution in [0.5, 0.6) is 11.5 Å². The Kier molecular flexibility index (Phi) is 7.02. The highest BCUT2D eigenvalue weighted by atomic mass is 16.5. The second kappa shape index (κ2) is 9.46. The van der Waals surface area contributed by atoms with Crippen molar-refractivity contribution >= 4 is 17.5 Å². The molecule has 0 spiro atoms. The monoisotopic (exact) mass is 356 g/mol. The lowest BCUT2D eigenvalue weighted by Crippen LogP contribution is -2.33. The number of anilines is 1. The van der Waals surface area contributed by atoms with E-state index in [-0.39, 0.29) is 24.8 Å². The maximum atomic E-state index is 12.0. The third-order valence-corrected chi connectivity index (χ3v) is 3.95. The van der Waals surface area contributed by atoms with Crippen LogP contribution in [0.4, 0.5) is 5.69 Å². The second-order valence-corrected chi connectivity index (χ2v) is 5.83. The molecule has 0 unspecified atom stereocenters. The first kappa shape index (κ1) is 19.3. The molecule has 0 aliphatic heterocycles. The van der Waals surface area contributed by atoms with Crippen LogP contribution < -0.4 is 20.1 Å². The molecule has 0 aromatic heterocycles. The number of aryl methyl sites for hydroxylation is 2. The van der Waals surface area contributed by atoms with Gasteiger partial charge in [0.15, 0.2) is 11.5 Å². The summed E-state index contributed by atoms with van der Waals surface area (Å²) in [5.41, 5.74) is 2.68. The summed E-state index contributed by atoms with van der Waals surface area (Å²) in [4.78, 5) is 23.9. The molecule has 0 saturated heterocycles. The van der Waals surface area contributed by atoms with Crippen LogP contribution >= 0.6 is 0 Å². The highest BCUT2D eigenvalue weighted by Gasteiger charge is 2.09. The maximum Gasteiger partial charge on any atom is 0.243 e. The Morgan fingerprint density at radius 1 is 0.962 bits per heavy atom. The van der Waals surface area contributed by atoms with Gasteiger partial charge >= 0.3 is 0 Å². The van der Waals surface area contributed by atoms with Gasteiger partial charge in [-0.25, -0.2) is 0 Å². The van der Waals surface area contributed by atoms with Crippen LogP contribution in [-0.4, -0.2) is 32.6 Å². The zero-order chi connectivity index (χ0) is 18.9. The predicted molar refractivity (Wildman–Crippen MR) is 101 cm³/mol. The first-order chi connectivity index (χ1) is 12.5. The minimum Gasteiger partial charge on any atom is -0.493 e. The number of amides is 2. The average Bonchev–Trinajstić information content (AvgIpc) is 2.66. The highest BCUT2D eigenvalue weighted by Crippen LogP contribution is 2.27. The fourth-order valence-electron chi connectivity index (χ4n) is 2.47. The van der Waals surface area contributed by atoms with Crippen molar-refractivity contribution in [2.24, 2.45) is 0 Å². The molecule has 0 atom stereocenters. The van der Waals surface area contributed by atoms with E-state index < -0.39 is 0 Å². The zero-order valence-corrected chi connectivity index (χ0v) is 15.3. The Morgan fingerprint density at radius 3 is 2.38 bits per heavy atom. The summed E-state index contributed by atoms with van der Waals surface area (Å²) >= 11 is 0. The molecule has 0 radical (unpaired) electrons. The minimum absolute atomic E-state index is 0.0564. The Bertz CT molecular complexity index is 774. The Labute approximate surface area is 153 Å². The van der Waals surface area contributed by atoms with Gasteiger partial charge in [-0.1, -0.05) is 24.3 Å². The lowest BCUT2D eigenvalue weighted by Gasteiger charge is -2.10. The smallest absolute Gasteiger partial charge is 0.243 e. The molecule has 0 bridgehead atoms. The number of methoxy groups -OCH3 is 2. The molecule has 0 saturated carbocycles. The van der Waals surface area contributed by atoms with Gasteiger partial charge in [0, 0.05) is 12.1 Å². The molecule has 6 nitrogen and oxygen atoms in total. The van der Waals surface area contributed by atoms with E-state index in [1.807, 2.05) is 49.4 Å². The molecule has 2 aromatic rings. The number of carbonyl (C=O) groups excluding carboxylic acids is 2. The van der Waals surface area contributed by atoms with Gasteiger partial charge in [0.25, 0.3) is 0 Å². The molecular formula is C20H24N2O4. The van der Waals surface area contributed by atoms with Gasteiger partial charge in [-0.05, 0) is 42.7 Å². The molecule has 0 heterocycles. The van der Waals surface area contributed by atoms with Gasteiger partial charge < -0.3 is 20.1 Å². The average molecular weight is 356 g/mol. The number of benzene rings is 2. The fraction of sp³-hybridized carbons (Fsp3) is 0.300. The van der Waals surface area contributed by atoms with E-state index in [1.165, 1.54) is 0 Å². The number of hydrogen-bond acceptors (Lipinski definition) is 4. The molecular weight excluding hydrogens is 332 g/mol. The number of rotatable bonds is 8. The topological polar surface area (TPSA) is 76.7 Å². The lowest BCUT2D eigenvalue weighted by molar-refractivity contribution is -0.124.